The minimum Gasteiger partial charge on any atom is -0.358 e. The van der Waals surface area contributed by atoms with Gasteiger partial charge in [0.15, 0.2) is 9.84 Å². The highest BCUT2D eigenvalue weighted by Gasteiger charge is 2.14. The van der Waals surface area contributed by atoms with Crippen molar-refractivity contribution in [3.05, 3.63) is 0 Å². The van der Waals surface area contributed by atoms with E-state index in [1.807, 2.05) is 6.07 Å². The Labute approximate surface area is 77.7 Å². The van der Waals surface area contributed by atoms with Crippen molar-refractivity contribution in [3.8, 4) is 6.07 Å². The lowest BCUT2D eigenvalue weighted by Gasteiger charge is -2.00. The minimum absolute atomic E-state index is 0.103. The number of hydrogen-bond donors (Lipinski definition) is 1. The molecule has 5 nitrogen and oxygen atoms in total. The molecule has 0 fully saturated rings. The highest BCUT2D eigenvalue weighted by atomic mass is 32.2. The Morgan fingerprint density at radius 3 is 2.62 bits per heavy atom. The normalized spacial score (nSPS) is 10.5. The summed E-state index contributed by atoms with van der Waals surface area (Å²) in [5, 5.41) is 10.4. The quantitative estimate of drug-likeness (QED) is 0.609. The Morgan fingerprint density at radius 2 is 2.15 bits per heavy atom. The summed E-state index contributed by atoms with van der Waals surface area (Å²) >= 11 is 0. The molecular formula is C7H12N2O3S. The molecule has 0 aliphatic heterocycles. The first-order chi connectivity index (χ1) is 6.02. The van der Waals surface area contributed by atoms with E-state index in [9.17, 15) is 13.2 Å². The first-order valence-electron chi connectivity index (χ1n) is 3.80. The summed E-state index contributed by atoms with van der Waals surface area (Å²) in [6.07, 6.45) is 0.489. The van der Waals surface area contributed by atoms with Gasteiger partial charge in [-0.05, 0) is 6.42 Å². The Bertz CT molecular complexity index is 302. The van der Waals surface area contributed by atoms with Crippen LogP contribution in [0.25, 0.3) is 0 Å². The second-order valence-electron chi connectivity index (χ2n) is 2.53. The molecule has 0 aromatic heterocycles. The Hall–Kier alpha value is -1.09. The number of carbonyl (C=O) groups excluding carboxylic acids is 1. The molecule has 1 N–H and O–H groups in total. The molecule has 0 unspecified atom stereocenters. The van der Waals surface area contributed by atoms with Crippen LogP contribution in [0.5, 0.6) is 0 Å². The van der Waals surface area contributed by atoms with E-state index in [0.717, 1.165) is 0 Å². The van der Waals surface area contributed by atoms with Crippen LogP contribution in [0.4, 0.5) is 0 Å². The van der Waals surface area contributed by atoms with Gasteiger partial charge in [0, 0.05) is 13.5 Å². The van der Waals surface area contributed by atoms with E-state index in [0.29, 0.717) is 0 Å². The predicted molar refractivity (Wildman–Crippen MR) is 47.6 cm³/mol. The summed E-state index contributed by atoms with van der Waals surface area (Å²) in [7, 11) is -1.95. The molecule has 0 saturated carbocycles. The molecule has 0 aliphatic rings. The molecule has 0 rings (SSSR count). The van der Waals surface area contributed by atoms with Crippen LogP contribution in [-0.2, 0) is 14.6 Å². The van der Waals surface area contributed by atoms with E-state index >= 15 is 0 Å². The molecule has 0 aromatic carbocycles. The lowest BCUT2D eigenvalue weighted by atomic mass is 10.4. The fourth-order valence-electron chi connectivity index (χ4n) is 0.715. The highest BCUT2D eigenvalue weighted by molar-refractivity contribution is 7.92. The van der Waals surface area contributed by atoms with E-state index in [-0.39, 0.29) is 18.6 Å². The molecule has 13 heavy (non-hydrogen) atoms. The Morgan fingerprint density at radius 1 is 1.54 bits per heavy atom. The molecule has 0 atom stereocenters. The first kappa shape index (κ1) is 11.9. The van der Waals surface area contributed by atoms with Crippen molar-refractivity contribution < 1.29 is 13.2 Å². The van der Waals surface area contributed by atoms with Crippen molar-refractivity contribution in [2.24, 2.45) is 0 Å². The Kier molecular flexibility index (Phi) is 5.07. The summed E-state index contributed by atoms with van der Waals surface area (Å²) in [5.74, 6) is -1.11. The molecule has 1 amide bonds. The maximum atomic E-state index is 11.1. The Balaban J connectivity index is 3.96. The van der Waals surface area contributed by atoms with Gasteiger partial charge in [-0.1, -0.05) is 0 Å². The van der Waals surface area contributed by atoms with Crippen LogP contribution in [0, 0.1) is 11.3 Å². The van der Waals surface area contributed by atoms with Gasteiger partial charge < -0.3 is 5.32 Å². The van der Waals surface area contributed by atoms with E-state index < -0.39 is 21.5 Å². The third kappa shape index (κ3) is 6.11. The molecule has 0 spiro atoms. The molecule has 6 heteroatoms. The maximum absolute atomic E-state index is 11.1. The van der Waals surface area contributed by atoms with Gasteiger partial charge >= 0.3 is 0 Å². The van der Waals surface area contributed by atoms with Crippen molar-refractivity contribution >= 4 is 15.7 Å². The average Bonchev–Trinajstić information content (AvgIpc) is 2.03. The predicted octanol–water partition coefficient (Wildman–Crippen LogP) is -0.549. The van der Waals surface area contributed by atoms with Gasteiger partial charge in [-0.2, -0.15) is 5.26 Å². The van der Waals surface area contributed by atoms with Crippen molar-refractivity contribution in [2.45, 2.75) is 12.8 Å². The van der Waals surface area contributed by atoms with Gasteiger partial charge in [-0.15, -0.1) is 0 Å². The number of nitrogens with zero attached hydrogens (tertiary/aromatic N) is 1. The van der Waals surface area contributed by atoms with Crippen LogP contribution in [0.3, 0.4) is 0 Å². The molecule has 0 aliphatic carbocycles. The number of amides is 1. The second kappa shape index (κ2) is 5.54. The van der Waals surface area contributed by atoms with Crippen LogP contribution < -0.4 is 5.32 Å². The molecule has 0 saturated heterocycles. The second-order valence-corrected chi connectivity index (χ2v) is 4.71. The standard InChI is InChI=1S/C7H12N2O3S/c1-9-7(10)6-13(11,12)5-3-2-4-8/h2-3,5-6H2,1H3,(H,9,10). The number of sulfone groups is 1. The van der Waals surface area contributed by atoms with Crippen LogP contribution >= 0.6 is 0 Å². The number of nitrogens with one attached hydrogen (secondary N) is 1. The van der Waals surface area contributed by atoms with Crippen molar-refractivity contribution in [3.63, 3.8) is 0 Å². The van der Waals surface area contributed by atoms with Gasteiger partial charge in [0.25, 0.3) is 0 Å². The molecule has 74 valence electrons. The zero-order chi connectivity index (χ0) is 10.3. The molecule has 0 aromatic rings. The third-order valence-corrected chi connectivity index (χ3v) is 2.99. The zero-order valence-electron chi connectivity index (χ0n) is 7.41. The fourth-order valence-corrected chi connectivity index (χ4v) is 1.99. The van der Waals surface area contributed by atoms with Gasteiger partial charge in [0.2, 0.25) is 5.91 Å². The fraction of sp³-hybridized carbons (Fsp3) is 0.714. The smallest absolute Gasteiger partial charge is 0.234 e. The number of carbonyl (C=O) groups is 1. The van der Waals surface area contributed by atoms with E-state index in [1.54, 1.807) is 0 Å². The lowest BCUT2D eigenvalue weighted by Crippen LogP contribution is -2.28. The third-order valence-electron chi connectivity index (χ3n) is 1.37. The topological polar surface area (TPSA) is 87.0 Å². The summed E-state index contributed by atoms with van der Waals surface area (Å²) in [6.45, 7) is 0. The van der Waals surface area contributed by atoms with Gasteiger partial charge in [-0.25, -0.2) is 8.42 Å². The molecule has 0 heterocycles. The van der Waals surface area contributed by atoms with Crippen molar-refractivity contribution in [1.82, 2.24) is 5.32 Å². The molecule has 0 bridgehead atoms. The van der Waals surface area contributed by atoms with Crippen LogP contribution in [-0.4, -0.2) is 32.9 Å². The summed E-state index contributed by atoms with van der Waals surface area (Å²) in [6, 6.07) is 1.84. The van der Waals surface area contributed by atoms with Gasteiger partial charge in [0.05, 0.1) is 11.8 Å². The van der Waals surface area contributed by atoms with E-state index in [1.165, 1.54) is 7.05 Å². The maximum Gasteiger partial charge on any atom is 0.234 e. The number of unbranched alkanes of at least 4 members (excludes halogenated alkanes) is 1. The van der Waals surface area contributed by atoms with Crippen LogP contribution in [0.2, 0.25) is 0 Å². The number of hydrogen-bond acceptors (Lipinski definition) is 4. The lowest BCUT2D eigenvalue weighted by molar-refractivity contribution is -0.118. The largest absolute Gasteiger partial charge is 0.358 e. The SMILES string of the molecule is CNC(=O)CS(=O)(=O)CCCC#N. The zero-order valence-corrected chi connectivity index (χ0v) is 8.23. The monoisotopic (exact) mass is 204 g/mol. The minimum atomic E-state index is -3.33. The number of rotatable bonds is 5. The van der Waals surface area contributed by atoms with Gasteiger partial charge in [0.1, 0.15) is 5.75 Å². The van der Waals surface area contributed by atoms with Gasteiger partial charge in [-0.3, -0.25) is 4.79 Å². The van der Waals surface area contributed by atoms with E-state index in [2.05, 4.69) is 5.32 Å². The average molecular weight is 204 g/mol. The van der Waals surface area contributed by atoms with E-state index in [4.69, 9.17) is 5.26 Å². The molecule has 0 radical (unpaired) electrons. The summed E-state index contributed by atoms with van der Waals surface area (Å²) < 4.78 is 22.2. The summed E-state index contributed by atoms with van der Waals surface area (Å²) in [4.78, 5) is 10.7. The number of nitriles is 1. The molecular weight excluding hydrogens is 192 g/mol. The van der Waals surface area contributed by atoms with Crippen LogP contribution in [0.15, 0.2) is 0 Å². The summed E-state index contributed by atoms with van der Waals surface area (Å²) in [5.41, 5.74) is 0. The highest BCUT2D eigenvalue weighted by Crippen LogP contribution is 1.96. The first-order valence-corrected chi connectivity index (χ1v) is 5.62. The van der Waals surface area contributed by atoms with Crippen LogP contribution in [0.1, 0.15) is 12.8 Å². The van der Waals surface area contributed by atoms with Crippen molar-refractivity contribution in [1.29, 1.82) is 5.26 Å². The van der Waals surface area contributed by atoms with Crippen molar-refractivity contribution in [2.75, 3.05) is 18.6 Å².